The monoisotopic (exact) mass is 307 g/mol. The summed E-state index contributed by atoms with van der Waals surface area (Å²) < 4.78 is 5.18. The fourth-order valence-electron chi connectivity index (χ4n) is 3.09. The van der Waals surface area contributed by atoms with E-state index >= 15 is 0 Å². The average molecular weight is 307 g/mol. The van der Waals surface area contributed by atoms with Crippen molar-refractivity contribution < 1.29 is 9.21 Å². The van der Waals surface area contributed by atoms with E-state index in [1.807, 2.05) is 6.92 Å². The Hall–Kier alpha value is -1.33. The third-order valence-electron chi connectivity index (χ3n) is 4.72. The smallest absolute Gasteiger partial charge is 0.287 e. The first-order valence-corrected chi connectivity index (χ1v) is 8.25. The summed E-state index contributed by atoms with van der Waals surface area (Å²) in [5, 5.41) is 6.55. The Morgan fingerprint density at radius 3 is 2.86 bits per heavy atom. The molecule has 0 aliphatic carbocycles. The van der Waals surface area contributed by atoms with Crippen LogP contribution in [0.2, 0.25) is 0 Å². The molecule has 1 amide bonds. The zero-order valence-corrected chi connectivity index (χ0v) is 14.2. The van der Waals surface area contributed by atoms with Crippen LogP contribution >= 0.6 is 0 Å². The van der Waals surface area contributed by atoms with Gasteiger partial charge in [0.25, 0.3) is 5.91 Å². The van der Waals surface area contributed by atoms with E-state index in [1.54, 1.807) is 12.3 Å². The number of hydrogen-bond donors (Lipinski definition) is 2. The molecular formula is C17H29N3O2. The molecule has 3 atom stereocenters. The SMILES string of the molecule is Cc1ccoc1C(=O)NCCCNC1CC(C)N(C)CC1C. The first kappa shape index (κ1) is 17.0. The fourth-order valence-corrected chi connectivity index (χ4v) is 3.09. The van der Waals surface area contributed by atoms with Crippen molar-refractivity contribution in [1.29, 1.82) is 0 Å². The van der Waals surface area contributed by atoms with E-state index in [0.717, 1.165) is 25.1 Å². The minimum atomic E-state index is -0.121. The Balaban J connectivity index is 1.63. The second kappa shape index (κ2) is 7.79. The van der Waals surface area contributed by atoms with E-state index in [4.69, 9.17) is 4.42 Å². The third kappa shape index (κ3) is 4.34. The number of likely N-dealkylation sites (tertiary alicyclic amines) is 1. The normalized spacial score (nSPS) is 26.1. The van der Waals surface area contributed by atoms with Gasteiger partial charge in [0.2, 0.25) is 0 Å². The van der Waals surface area contributed by atoms with Gasteiger partial charge in [-0.05, 0) is 52.3 Å². The lowest BCUT2D eigenvalue weighted by atomic mass is 9.90. The number of nitrogens with zero attached hydrogens (tertiary/aromatic N) is 1. The lowest BCUT2D eigenvalue weighted by molar-refractivity contribution is 0.0923. The number of aryl methyl sites for hydroxylation is 1. The van der Waals surface area contributed by atoms with Gasteiger partial charge < -0.3 is 20.0 Å². The van der Waals surface area contributed by atoms with Crippen LogP contribution in [0.4, 0.5) is 0 Å². The summed E-state index contributed by atoms with van der Waals surface area (Å²) in [5.74, 6) is 0.969. The van der Waals surface area contributed by atoms with Crippen LogP contribution in [0.25, 0.3) is 0 Å². The van der Waals surface area contributed by atoms with E-state index in [-0.39, 0.29) is 5.91 Å². The van der Waals surface area contributed by atoms with Crippen LogP contribution in [0.15, 0.2) is 16.7 Å². The molecule has 0 spiro atoms. The van der Waals surface area contributed by atoms with Crippen LogP contribution in [0, 0.1) is 12.8 Å². The quantitative estimate of drug-likeness (QED) is 0.790. The molecule has 124 valence electrons. The maximum Gasteiger partial charge on any atom is 0.287 e. The average Bonchev–Trinajstić information content (AvgIpc) is 2.90. The van der Waals surface area contributed by atoms with Gasteiger partial charge in [-0.15, -0.1) is 0 Å². The molecule has 0 saturated carbocycles. The minimum Gasteiger partial charge on any atom is -0.459 e. The highest BCUT2D eigenvalue weighted by atomic mass is 16.3. The van der Waals surface area contributed by atoms with Gasteiger partial charge in [-0.1, -0.05) is 6.92 Å². The highest BCUT2D eigenvalue weighted by molar-refractivity contribution is 5.92. The predicted molar refractivity (Wildman–Crippen MR) is 88.1 cm³/mol. The Morgan fingerprint density at radius 1 is 1.41 bits per heavy atom. The summed E-state index contributed by atoms with van der Waals surface area (Å²) >= 11 is 0. The molecule has 1 aromatic heterocycles. The molecule has 5 nitrogen and oxygen atoms in total. The molecule has 2 heterocycles. The molecule has 3 unspecified atom stereocenters. The van der Waals surface area contributed by atoms with E-state index in [0.29, 0.717) is 30.3 Å². The van der Waals surface area contributed by atoms with Crippen molar-refractivity contribution in [2.24, 2.45) is 5.92 Å². The third-order valence-corrected chi connectivity index (χ3v) is 4.72. The Bertz CT molecular complexity index is 486. The summed E-state index contributed by atoms with van der Waals surface area (Å²) in [6.45, 7) is 9.22. The number of furan rings is 1. The van der Waals surface area contributed by atoms with Crippen molar-refractivity contribution in [1.82, 2.24) is 15.5 Å². The highest BCUT2D eigenvalue weighted by Gasteiger charge is 2.28. The second-order valence-corrected chi connectivity index (χ2v) is 6.60. The van der Waals surface area contributed by atoms with Crippen molar-refractivity contribution >= 4 is 5.91 Å². The number of rotatable bonds is 6. The first-order chi connectivity index (χ1) is 10.5. The van der Waals surface area contributed by atoms with Crippen LogP contribution in [-0.4, -0.2) is 49.6 Å². The molecule has 1 aliphatic heterocycles. The summed E-state index contributed by atoms with van der Waals surface area (Å²) in [4.78, 5) is 14.3. The molecule has 1 fully saturated rings. The van der Waals surface area contributed by atoms with Gasteiger partial charge in [0.15, 0.2) is 5.76 Å². The number of carbonyl (C=O) groups excluding carboxylic acids is 1. The molecule has 5 heteroatoms. The summed E-state index contributed by atoms with van der Waals surface area (Å²) in [6, 6.07) is 3.02. The van der Waals surface area contributed by atoms with Crippen LogP contribution in [-0.2, 0) is 0 Å². The minimum absolute atomic E-state index is 0.121. The number of hydrogen-bond acceptors (Lipinski definition) is 4. The predicted octanol–water partition coefficient (Wildman–Crippen LogP) is 2.03. The summed E-state index contributed by atoms with van der Waals surface area (Å²) in [7, 11) is 2.20. The Morgan fingerprint density at radius 2 is 2.18 bits per heavy atom. The van der Waals surface area contributed by atoms with Crippen LogP contribution in [0.3, 0.4) is 0 Å². The van der Waals surface area contributed by atoms with Crippen molar-refractivity contribution in [3.05, 3.63) is 23.7 Å². The molecule has 2 N–H and O–H groups in total. The van der Waals surface area contributed by atoms with Gasteiger partial charge in [-0.2, -0.15) is 0 Å². The van der Waals surface area contributed by atoms with Crippen LogP contribution in [0.5, 0.6) is 0 Å². The number of carbonyl (C=O) groups is 1. The van der Waals surface area contributed by atoms with Crippen molar-refractivity contribution in [3.63, 3.8) is 0 Å². The lowest BCUT2D eigenvalue weighted by Gasteiger charge is -2.40. The number of piperidine rings is 1. The second-order valence-electron chi connectivity index (χ2n) is 6.60. The molecule has 22 heavy (non-hydrogen) atoms. The Labute approximate surface area is 133 Å². The first-order valence-electron chi connectivity index (χ1n) is 8.25. The molecule has 0 radical (unpaired) electrons. The Kier molecular flexibility index (Phi) is 6.03. The van der Waals surface area contributed by atoms with Gasteiger partial charge in [0.05, 0.1) is 6.26 Å². The lowest BCUT2D eigenvalue weighted by Crippen LogP contribution is -2.51. The largest absolute Gasteiger partial charge is 0.459 e. The molecule has 0 aromatic carbocycles. The maximum atomic E-state index is 11.9. The fraction of sp³-hybridized carbons (Fsp3) is 0.706. The van der Waals surface area contributed by atoms with Gasteiger partial charge >= 0.3 is 0 Å². The molecule has 2 rings (SSSR count). The standard InChI is InChI=1S/C17H29N3O2/c1-12-6-9-22-16(12)17(21)19-8-5-7-18-15-10-14(3)20(4)11-13(15)2/h6,9,13-15,18H,5,7-8,10-11H2,1-4H3,(H,19,21). The highest BCUT2D eigenvalue weighted by Crippen LogP contribution is 2.20. The zero-order valence-electron chi connectivity index (χ0n) is 14.2. The zero-order chi connectivity index (χ0) is 16.1. The summed E-state index contributed by atoms with van der Waals surface area (Å²) in [5.41, 5.74) is 0.879. The van der Waals surface area contributed by atoms with Gasteiger partial charge in [0, 0.05) is 30.7 Å². The van der Waals surface area contributed by atoms with Crippen LogP contribution in [0.1, 0.15) is 42.8 Å². The molecule has 1 saturated heterocycles. The van der Waals surface area contributed by atoms with E-state index in [9.17, 15) is 4.79 Å². The molecule has 1 aromatic rings. The van der Waals surface area contributed by atoms with Crippen LogP contribution < -0.4 is 10.6 Å². The van der Waals surface area contributed by atoms with Gasteiger partial charge in [0.1, 0.15) is 0 Å². The van der Waals surface area contributed by atoms with Crippen molar-refractivity contribution in [3.8, 4) is 0 Å². The molecule has 1 aliphatic rings. The molecule has 0 bridgehead atoms. The van der Waals surface area contributed by atoms with Crippen molar-refractivity contribution in [2.75, 3.05) is 26.7 Å². The number of amides is 1. The summed E-state index contributed by atoms with van der Waals surface area (Å²) in [6.07, 6.45) is 3.67. The van der Waals surface area contributed by atoms with Gasteiger partial charge in [-0.3, -0.25) is 4.79 Å². The van der Waals surface area contributed by atoms with Gasteiger partial charge in [-0.25, -0.2) is 0 Å². The number of nitrogens with one attached hydrogen (secondary N) is 2. The van der Waals surface area contributed by atoms with E-state index < -0.39 is 0 Å². The van der Waals surface area contributed by atoms with E-state index in [1.165, 1.54) is 6.42 Å². The van der Waals surface area contributed by atoms with E-state index in [2.05, 4.69) is 36.4 Å². The maximum absolute atomic E-state index is 11.9. The topological polar surface area (TPSA) is 57.5 Å². The van der Waals surface area contributed by atoms with Crippen molar-refractivity contribution in [2.45, 2.75) is 45.7 Å². The molecular weight excluding hydrogens is 278 g/mol.